The lowest BCUT2D eigenvalue weighted by Gasteiger charge is -2.12. The van der Waals surface area contributed by atoms with Crippen LogP contribution in [0, 0.1) is 11.3 Å². The molecule has 2 aromatic rings. The van der Waals surface area contributed by atoms with E-state index < -0.39 is 5.91 Å². The Morgan fingerprint density at radius 1 is 1.20 bits per heavy atom. The van der Waals surface area contributed by atoms with Crippen molar-refractivity contribution in [3.05, 3.63) is 52.0 Å². The molecule has 0 unspecified atom stereocenters. The Balaban J connectivity index is 2.48. The van der Waals surface area contributed by atoms with E-state index in [2.05, 4.69) is 27.3 Å². The number of benzene rings is 2. The second-order valence-corrected chi connectivity index (χ2v) is 5.01. The van der Waals surface area contributed by atoms with E-state index in [4.69, 9.17) is 16.7 Å². The fourth-order valence-corrected chi connectivity index (χ4v) is 2.10. The van der Waals surface area contributed by atoms with Gasteiger partial charge < -0.3 is 16.8 Å². The first-order valence-electron chi connectivity index (χ1n) is 5.67. The van der Waals surface area contributed by atoms with E-state index in [1.54, 1.807) is 30.3 Å². The second kappa shape index (κ2) is 5.63. The Bertz CT molecular complexity index is 722. The molecule has 2 rings (SSSR count). The zero-order valence-corrected chi connectivity index (χ0v) is 11.9. The second-order valence-electron chi connectivity index (χ2n) is 4.10. The number of amides is 1. The third-order valence-corrected chi connectivity index (χ3v) is 3.17. The fourth-order valence-electron chi connectivity index (χ4n) is 1.74. The van der Waals surface area contributed by atoms with Gasteiger partial charge in [0, 0.05) is 10.2 Å². The van der Waals surface area contributed by atoms with Crippen LogP contribution < -0.4 is 16.8 Å². The number of anilines is 3. The molecule has 6 heteroatoms. The Kier molecular flexibility index (Phi) is 3.91. The number of primary amides is 1. The highest BCUT2D eigenvalue weighted by Crippen LogP contribution is 2.27. The molecule has 2 aromatic carbocycles. The van der Waals surface area contributed by atoms with E-state index >= 15 is 0 Å². The van der Waals surface area contributed by atoms with E-state index in [1.165, 1.54) is 6.07 Å². The molecule has 0 fully saturated rings. The summed E-state index contributed by atoms with van der Waals surface area (Å²) in [6.45, 7) is 0. The molecule has 5 nitrogen and oxygen atoms in total. The molecule has 1 amide bonds. The van der Waals surface area contributed by atoms with Crippen molar-refractivity contribution >= 4 is 38.9 Å². The standard InChI is InChI=1S/C14H11BrN4O/c15-9-2-1-8(7-16)13(5-9)19-12-4-3-10(17)6-11(12)14(18)20/h1-6,19H,17H2,(H2,18,20). The number of hydrogen-bond acceptors (Lipinski definition) is 4. The zero-order valence-electron chi connectivity index (χ0n) is 10.4. The number of rotatable bonds is 3. The largest absolute Gasteiger partial charge is 0.399 e. The summed E-state index contributed by atoms with van der Waals surface area (Å²) in [5.74, 6) is -0.590. The van der Waals surface area contributed by atoms with Crippen LogP contribution >= 0.6 is 15.9 Å². The van der Waals surface area contributed by atoms with Crippen molar-refractivity contribution in [1.82, 2.24) is 0 Å². The lowest BCUT2D eigenvalue weighted by atomic mass is 10.1. The maximum absolute atomic E-state index is 11.4. The van der Waals surface area contributed by atoms with Crippen molar-refractivity contribution in [3.63, 3.8) is 0 Å². The number of halogens is 1. The lowest BCUT2D eigenvalue weighted by Crippen LogP contribution is -2.14. The predicted octanol–water partition coefficient (Wildman–Crippen LogP) is 2.75. The van der Waals surface area contributed by atoms with Crippen molar-refractivity contribution in [2.75, 3.05) is 11.1 Å². The van der Waals surface area contributed by atoms with Crippen LogP contribution in [0.1, 0.15) is 15.9 Å². The number of nitriles is 1. The molecule has 0 heterocycles. The van der Waals surface area contributed by atoms with Crippen LogP contribution in [0.2, 0.25) is 0 Å². The quantitative estimate of drug-likeness (QED) is 0.752. The monoisotopic (exact) mass is 330 g/mol. The van der Waals surface area contributed by atoms with Gasteiger partial charge in [-0.15, -0.1) is 0 Å². The zero-order chi connectivity index (χ0) is 14.7. The summed E-state index contributed by atoms with van der Waals surface area (Å²) >= 11 is 3.34. The van der Waals surface area contributed by atoms with Gasteiger partial charge in [-0.25, -0.2) is 0 Å². The summed E-state index contributed by atoms with van der Waals surface area (Å²) in [7, 11) is 0. The normalized spacial score (nSPS) is 9.80. The summed E-state index contributed by atoms with van der Waals surface area (Å²) in [5.41, 5.74) is 13.2. The van der Waals surface area contributed by atoms with Gasteiger partial charge in [-0.3, -0.25) is 4.79 Å². The van der Waals surface area contributed by atoms with Gasteiger partial charge in [-0.05, 0) is 36.4 Å². The molecule has 0 atom stereocenters. The number of nitrogen functional groups attached to an aromatic ring is 1. The molecule has 100 valence electrons. The SMILES string of the molecule is N#Cc1ccc(Br)cc1Nc1ccc(N)cc1C(N)=O. The Hall–Kier alpha value is -2.52. The molecule has 0 aromatic heterocycles. The van der Waals surface area contributed by atoms with Gasteiger partial charge in [0.25, 0.3) is 5.91 Å². The first-order chi connectivity index (χ1) is 9.51. The third kappa shape index (κ3) is 2.90. The summed E-state index contributed by atoms with van der Waals surface area (Å²) in [5, 5.41) is 12.1. The maximum Gasteiger partial charge on any atom is 0.250 e. The molecule has 0 radical (unpaired) electrons. The van der Waals surface area contributed by atoms with E-state index in [1.807, 2.05) is 0 Å². The van der Waals surface area contributed by atoms with Crippen LogP contribution in [0.15, 0.2) is 40.9 Å². The van der Waals surface area contributed by atoms with Gasteiger partial charge in [0.05, 0.1) is 22.5 Å². The molecule has 0 aliphatic rings. The number of nitrogens with two attached hydrogens (primary N) is 2. The molecule has 20 heavy (non-hydrogen) atoms. The van der Waals surface area contributed by atoms with Crippen LogP contribution in [-0.2, 0) is 0 Å². The third-order valence-electron chi connectivity index (χ3n) is 2.68. The van der Waals surface area contributed by atoms with Crippen LogP contribution in [0.3, 0.4) is 0 Å². The number of carbonyl (C=O) groups is 1. The molecular weight excluding hydrogens is 320 g/mol. The summed E-state index contributed by atoms with van der Waals surface area (Å²) in [6.07, 6.45) is 0. The molecular formula is C14H11BrN4O. The molecule has 0 aliphatic heterocycles. The Labute approximate surface area is 124 Å². The van der Waals surface area contributed by atoms with E-state index in [0.29, 0.717) is 22.6 Å². The van der Waals surface area contributed by atoms with Crippen LogP contribution in [0.25, 0.3) is 0 Å². The molecule has 0 saturated carbocycles. The first kappa shape index (κ1) is 13.9. The maximum atomic E-state index is 11.4. The van der Waals surface area contributed by atoms with Gasteiger partial charge in [0.15, 0.2) is 0 Å². The van der Waals surface area contributed by atoms with Crippen LogP contribution in [0.4, 0.5) is 17.1 Å². The van der Waals surface area contributed by atoms with E-state index in [-0.39, 0.29) is 5.56 Å². The van der Waals surface area contributed by atoms with Crippen LogP contribution in [0.5, 0.6) is 0 Å². The highest BCUT2D eigenvalue weighted by Gasteiger charge is 2.11. The van der Waals surface area contributed by atoms with Crippen molar-refractivity contribution in [2.24, 2.45) is 5.73 Å². The lowest BCUT2D eigenvalue weighted by molar-refractivity contribution is 0.100. The summed E-state index contributed by atoms with van der Waals surface area (Å²) in [4.78, 5) is 11.4. The topological polar surface area (TPSA) is 105 Å². The van der Waals surface area contributed by atoms with E-state index in [9.17, 15) is 4.79 Å². The first-order valence-corrected chi connectivity index (χ1v) is 6.46. The highest BCUT2D eigenvalue weighted by molar-refractivity contribution is 9.10. The number of nitrogens with zero attached hydrogens (tertiary/aromatic N) is 1. The van der Waals surface area contributed by atoms with Gasteiger partial charge in [-0.2, -0.15) is 5.26 Å². The summed E-state index contributed by atoms with van der Waals surface area (Å²) < 4.78 is 0.815. The van der Waals surface area contributed by atoms with Crippen molar-refractivity contribution in [2.45, 2.75) is 0 Å². The fraction of sp³-hybridized carbons (Fsp3) is 0. The Morgan fingerprint density at radius 2 is 1.95 bits per heavy atom. The van der Waals surface area contributed by atoms with Crippen LogP contribution in [-0.4, -0.2) is 5.91 Å². The van der Waals surface area contributed by atoms with Gasteiger partial charge in [0.1, 0.15) is 6.07 Å². The Morgan fingerprint density at radius 3 is 2.60 bits per heavy atom. The number of carbonyl (C=O) groups excluding carboxylic acids is 1. The van der Waals surface area contributed by atoms with Gasteiger partial charge in [-0.1, -0.05) is 15.9 Å². The molecule has 0 bridgehead atoms. The summed E-state index contributed by atoms with van der Waals surface area (Å²) in [6, 6.07) is 12.1. The average molecular weight is 331 g/mol. The van der Waals surface area contributed by atoms with Crippen molar-refractivity contribution in [1.29, 1.82) is 5.26 Å². The molecule has 5 N–H and O–H groups in total. The number of nitrogens with one attached hydrogen (secondary N) is 1. The minimum absolute atomic E-state index is 0.272. The molecule has 0 spiro atoms. The average Bonchev–Trinajstić information content (AvgIpc) is 2.41. The molecule has 0 saturated heterocycles. The van der Waals surface area contributed by atoms with E-state index in [0.717, 1.165) is 4.47 Å². The van der Waals surface area contributed by atoms with Crippen molar-refractivity contribution < 1.29 is 4.79 Å². The molecule has 0 aliphatic carbocycles. The number of hydrogen-bond donors (Lipinski definition) is 3. The van der Waals surface area contributed by atoms with Gasteiger partial charge in [0.2, 0.25) is 0 Å². The van der Waals surface area contributed by atoms with Gasteiger partial charge >= 0.3 is 0 Å². The van der Waals surface area contributed by atoms with Crippen molar-refractivity contribution in [3.8, 4) is 6.07 Å². The smallest absolute Gasteiger partial charge is 0.250 e. The predicted molar refractivity (Wildman–Crippen MR) is 81.5 cm³/mol. The minimum Gasteiger partial charge on any atom is -0.399 e. The minimum atomic E-state index is -0.590. The highest BCUT2D eigenvalue weighted by atomic mass is 79.9.